The molecule has 1 N–H and O–H groups in total. The van der Waals surface area contributed by atoms with Crippen molar-refractivity contribution in [2.75, 3.05) is 28.7 Å². The Morgan fingerprint density at radius 1 is 1.07 bits per heavy atom. The summed E-state index contributed by atoms with van der Waals surface area (Å²) in [6.45, 7) is 0.184. The predicted octanol–water partition coefficient (Wildman–Crippen LogP) is 3.70. The molecule has 0 bridgehead atoms. The molecule has 0 unspecified atom stereocenters. The number of nitrogens with zero attached hydrogens (tertiary/aromatic N) is 3. The number of unbranched alkanes of at least 4 members (excludes halogenated alkanes) is 1. The number of hydrogen-bond donors (Lipinski definition) is 1. The van der Waals surface area contributed by atoms with E-state index in [-0.39, 0.29) is 24.5 Å². The largest absolute Gasteiger partial charge is 0.465 e. The van der Waals surface area contributed by atoms with Gasteiger partial charge in [0.15, 0.2) is 11.6 Å². The van der Waals surface area contributed by atoms with Crippen molar-refractivity contribution in [2.45, 2.75) is 12.8 Å². The van der Waals surface area contributed by atoms with Crippen LogP contribution in [0.4, 0.5) is 35.0 Å². The number of fused-ring (bicyclic) bond motifs is 1. The Kier molecular flexibility index (Phi) is 5.60. The predicted molar refractivity (Wildman–Crippen MR) is 101 cm³/mol. The summed E-state index contributed by atoms with van der Waals surface area (Å²) in [5.74, 6) is -3.84. The molecule has 0 radical (unpaired) electrons. The number of benzene rings is 2. The van der Waals surface area contributed by atoms with Gasteiger partial charge in [-0.3, -0.25) is 4.31 Å². The van der Waals surface area contributed by atoms with E-state index in [4.69, 9.17) is 5.11 Å². The van der Waals surface area contributed by atoms with E-state index >= 15 is 0 Å². The average Bonchev–Trinajstić information content (AvgIpc) is 2.85. The zero-order chi connectivity index (χ0) is 21.3. The molecule has 2 aromatic carbocycles. The molecule has 0 aromatic heterocycles. The number of anilines is 3. The first-order valence-corrected chi connectivity index (χ1v) is 10.0. The van der Waals surface area contributed by atoms with E-state index in [9.17, 15) is 26.4 Å². The molecule has 0 aliphatic carbocycles. The van der Waals surface area contributed by atoms with Crippen molar-refractivity contribution in [3.63, 3.8) is 0 Å². The number of hydrogen-bond acceptors (Lipinski definition) is 3. The number of rotatable bonds is 6. The Hall–Kier alpha value is -2.95. The van der Waals surface area contributed by atoms with Gasteiger partial charge in [0.2, 0.25) is 0 Å². The van der Waals surface area contributed by atoms with Crippen LogP contribution in [0.1, 0.15) is 12.8 Å². The SMILES string of the molecule is CN(CCCCN1c2ccccc2N(c2c(F)cc(F)cc2F)S1(=O)=O)C(=O)O. The van der Waals surface area contributed by atoms with Crippen LogP contribution in [-0.2, 0) is 10.2 Å². The normalized spacial score (nSPS) is 14.8. The third-order valence-corrected chi connectivity index (χ3v) is 6.27. The summed E-state index contributed by atoms with van der Waals surface area (Å²) in [5, 5.41) is 8.85. The minimum atomic E-state index is -4.38. The third-order valence-electron chi connectivity index (χ3n) is 4.49. The molecule has 1 aliphatic heterocycles. The highest BCUT2D eigenvalue weighted by Crippen LogP contribution is 2.46. The molecule has 1 amide bonds. The van der Waals surface area contributed by atoms with E-state index < -0.39 is 39.4 Å². The third kappa shape index (κ3) is 3.82. The first kappa shape index (κ1) is 20.8. The van der Waals surface area contributed by atoms with Gasteiger partial charge in [-0.2, -0.15) is 8.42 Å². The average molecular weight is 429 g/mol. The number of amides is 1. The number of para-hydroxylation sites is 2. The van der Waals surface area contributed by atoms with Gasteiger partial charge in [-0.25, -0.2) is 22.3 Å². The van der Waals surface area contributed by atoms with E-state index in [1.54, 1.807) is 6.07 Å². The molecule has 0 atom stereocenters. The zero-order valence-corrected chi connectivity index (χ0v) is 16.2. The van der Waals surface area contributed by atoms with Gasteiger partial charge in [-0.15, -0.1) is 0 Å². The fraction of sp³-hybridized carbons (Fsp3) is 0.278. The van der Waals surface area contributed by atoms with E-state index in [2.05, 4.69) is 0 Å². The van der Waals surface area contributed by atoms with E-state index in [0.717, 1.165) is 9.21 Å². The van der Waals surface area contributed by atoms with Gasteiger partial charge in [0.25, 0.3) is 0 Å². The lowest BCUT2D eigenvalue weighted by Crippen LogP contribution is -2.37. The van der Waals surface area contributed by atoms with Gasteiger partial charge in [0.05, 0.1) is 11.4 Å². The molecule has 29 heavy (non-hydrogen) atoms. The standard InChI is InChI=1S/C18H18F3N3O4S/c1-22(18(25)26)8-4-5-9-23-15-6-2-3-7-16(15)24(29(23,27)28)17-13(20)10-12(19)11-14(17)21/h2-3,6-7,10-11H,4-5,8-9H2,1H3,(H,25,26). The molecule has 0 spiro atoms. The molecular formula is C18H18F3N3O4S. The van der Waals surface area contributed by atoms with E-state index in [1.807, 2.05) is 0 Å². The maximum atomic E-state index is 14.3. The lowest BCUT2D eigenvalue weighted by atomic mass is 10.2. The highest BCUT2D eigenvalue weighted by molar-refractivity contribution is 7.95. The molecule has 0 fully saturated rings. The van der Waals surface area contributed by atoms with Crippen LogP contribution in [0.25, 0.3) is 0 Å². The van der Waals surface area contributed by atoms with E-state index in [0.29, 0.717) is 29.3 Å². The summed E-state index contributed by atoms with van der Waals surface area (Å²) in [5.41, 5.74) is -0.617. The molecule has 156 valence electrons. The summed E-state index contributed by atoms with van der Waals surface area (Å²) >= 11 is 0. The van der Waals surface area contributed by atoms with Crippen molar-refractivity contribution in [3.8, 4) is 0 Å². The second kappa shape index (κ2) is 7.82. The number of halogens is 3. The Labute approximate surface area is 165 Å². The van der Waals surface area contributed by atoms with Crippen LogP contribution >= 0.6 is 0 Å². The van der Waals surface area contributed by atoms with Gasteiger partial charge in [-0.05, 0) is 25.0 Å². The topological polar surface area (TPSA) is 81.2 Å². The van der Waals surface area contributed by atoms with Gasteiger partial charge in [-0.1, -0.05) is 12.1 Å². The Morgan fingerprint density at radius 3 is 2.24 bits per heavy atom. The van der Waals surface area contributed by atoms with Crippen LogP contribution in [0.15, 0.2) is 36.4 Å². The first-order chi connectivity index (χ1) is 13.6. The van der Waals surface area contributed by atoms with Crippen LogP contribution in [0.5, 0.6) is 0 Å². The molecule has 0 saturated carbocycles. The van der Waals surface area contributed by atoms with E-state index in [1.165, 1.54) is 25.2 Å². The molecule has 0 saturated heterocycles. The van der Waals surface area contributed by atoms with Crippen molar-refractivity contribution >= 4 is 33.4 Å². The number of carbonyl (C=O) groups is 1. The monoisotopic (exact) mass is 429 g/mol. The molecule has 1 aliphatic rings. The highest BCUT2D eigenvalue weighted by atomic mass is 32.2. The fourth-order valence-electron chi connectivity index (χ4n) is 3.09. The fourth-order valence-corrected chi connectivity index (χ4v) is 4.86. The minimum Gasteiger partial charge on any atom is -0.465 e. The van der Waals surface area contributed by atoms with Crippen molar-refractivity contribution in [1.82, 2.24) is 4.90 Å². The quantitative estimate of drug-likeness (QED) is 0.710. The molecular weight excluding hydrogens is 411 g/mol. The van der Waals surface area contributed by atoms with Crippen molar-refractivity contribution < 1.29 is 31.5 Å². The molecule has 11 heteroatoms. The van der Waals surface area contributed by atoms with Gasteiger partial charge >= 0.3 is 16.3 Å². The van der Waals surface area contributed by atoms with Crippen LogP contribution in [0.2, 0.25) is 0 Å². The zero-order valence-electron chi connectivity index (χ0n) is 15.3. The smallest absolute Gasteiger partial charge is 0.407 e. The second-order valence-corrected chi connectivity index (χ2v) is 8.16. The van der Waals surface area contributed by atoms with Gasteiger partial charge < -0.3 is 10.0 Å². The lowest BCUT2D eigenvalue weighted by Gasteiger charge is -2.22. The summed E-state index contributed by atoms with van der Waals surface area (Å²) in [4.78, 5) is 11.9. The maximum absolute atomic E-state index is 14.3. The first-order valence-electron chi connectivity index (χ1n) is 8.65. The van der Waals surface area contributed by atoms with Crippen LogP contribution in [0.3, 0.4) is 0 Å². The number of carboxylic acid groups (broad SMARTS) is 1. The lowest BCUT2D eigenvalue weighted by molar-refractivity contribution is 0.155. The summed E-state index contributed by atoms with van der Waals surface area (Å²) in [7, 11) is -2.99. The van der Waals surface area contributed by atoms with Crippen molar-refractivity contribution in [3.05, 3.63) is 53.8 Å². The summed E-state index contributed by atoms with van der Waals surface area (Å²) in [6.07, 6.45) is -0.401. The van der Waals surface area contributed by atoms with Gasteiger partial charge in [0.1, 0.15) is 11.5 Å². The van der Waals surface area contributed by atoms with Crippen LogP contribution in [0, 0.1) is 17.5 Å². The Morgan fingerprint density at radius 2 is 1.66 bits per heavy atom. The van der Waals surface area contributed by atoms with Crippen LogP contribution < -0.4 is 8.61 Å². The molecule has 7 nitrogen and oxygen atoms in total. The minimum absolute atomic E-state index is 0.0201. The molecule has 1 heterocycles. The molecule has 3 rings (SSSR count). The maximum Gasteiger partial charge on any atom is 0.407 e. The summed E-state index contributed by atoms with van der Waals surface area (Å²) < 4.78 is 69.7. The van der Waals surface area contributed by atoms with Crippen molar-refractivity contribution in [1.29, 1.82) is 0 Å². The Bertz CT molecular complexity index is 1030. The van der Waals surface area contributed by atoms with Crippen LogP contribution in [-0.4, -0.2) is 44.7 Å². The Balaban J connectivity index is 1.93. The second-order valence-electron chi connectivity index (χ2n) is 6.46. The molecule has 2 aromatic rings. The van der Waals surface area contributed by atoms with Crippen molar-refractivity contribution in [2.24, 2.45) is 0 Å². The van der Waals surface area contributed by atoms with Gasteiger partial charge in [0, 0.05) is 32.3 Å². The summed E-state index contributed by atoms with van der Waals surface area (Å²) in [6, 6.07) is 6.83. The highest BCUT2D eigenvalue weighted by Gasteiger charge is 2.43.